The summed E-state index contributed by atoms with van der Waals surface area (Å²) in [6.07, 6.45) is 3.58. The lowest BCUT2D eigenvalue weighted by Crippen LogP contribution is -2.49. The van der Waals surface area contributed by atoms with E-state index in [2.05, 4.69) is 10.6 Å². The molecule has 0 aromatic heterocycles. The molecule has 2 aromatic rings. The first-order valence-electron chi connectivity index (χ1n) is 11.0. The highest BCUT2D eigenvalue weighted by Gasteiger charge is 2.29. The van der Waals surface area contributed by atoms with Crippen molar-refractivity contribution < 1.29 is 28.7 Å². The van der Waals surface area contributed by atoms with Gasteiger partial charge in [0.25, 0.3) is 17.7 Å². The van der Waals surface area contributed by atoms with Crippen molar-refractivity contribution in [3.05, 3.63) is 65.7 Å². The summed E-state index contributed by atoms with van der Waals surface area (Å²) < 4.78 is 10.5. The van der Waals surface area contributed by atoms with Crippen LogP contribution < -0.4 is 20.1 Å². The quantitative estimate of drug-likeness (QED) is 0.522. The molecule has 0 radical (unpaired) electrons. The van der Waals surface area contributed by atoms with Crippen LogP contribution in [0.2, 0.25) is 0 Å². The van der Waals surface area contributed by atoms with Gasteiger partial charge in [0, 0.05) is 30.3 Å². The second-order valence-electron chi connectivity index (χ2n) is 7.60. The molecular formula is C25H28N4O6. The Morgan fingerprint density at radius 1 is 0.914 bits per heavy atom. The van der Waals surface area contributed by atoms with Crippen LogP contribution in [-0.4, -0.2) is 74.0 Å². The number of nitrogens with zero attached hydrogens (tertiary/aromatic N) is 2. The Morgan fingerprint density at radius 2 is 1.66 bits per heavy atom. The largest absolute Gasteiger partial charge is 0.497 e. The highest BCUT2D eigenvalue weighted by molar-refractivity contribution is 5.97. The Hall–Kier alpha value is -4.34. The molecule has 1 heterocycles. The zero-order chi connectivity index (χ0) is 25.2. The lowest BCUT2D eigenvalue weighted by molar-refractivity contribution is -0.154. The van der Waals surface area contributed by atoms with E-state index in [0.717, 1.165) is 0 Å². The van der Waals surface area contributed by atoms with Gasteiger partial charge < -0.3 is 20.1 Å². The van der Waals surface area contributed by atoms with Crippen molar-refractivity contribution in [2.45, 2.75) is 6.42 Å². The van der Waals surface area contributed by atoms with Gasteiger partial charge in [-0.1, -0.05) is 18.2 Å². The molecule has 2 N–H and O–H groups in total. The topological polar surface area (TPSA) is 117 Å². The molecule has 1 saturated heterocycles. The molecule has 0 spiro atoms. The summed E-state index contributed by atoms with van der Waals surface area (Å²) >= 11 is 0. The molecule has 3 rings (SSSR count). The van der Waals surface area contributed by atoms with Crippen LogP contribution in [0.25, 0.3) is 6.08 Å². The van der Waals surface area contributed by atoms with Gasteiger partial charge in [0.05, 0.1) is 27.3 Å². The molecule has 1 fully saturated rings. The van der Waals surface area contributed by atoms with Gasteiger partial charge in [-0.05, 0) is 42.8 Å². The van der Waals surface area contributed by atoms with Gasteiger partial charge in [-0.25, -0.2) is 10.0 Å². The number of ether oxygens (including phenoxy) is 2. The SMILES string of the molecule is COc1ccc(OC)c(C=CC(=O)N2CCCN2C(=O)CNC(=O)CNC(=O)c2ccccc2)c1. The van der Waals surface area contributed by atoms with Gasteiger partial charge in [-0.15, -0.1) is 0 Å². The van der Waals surface area contributed by atoms with E-state index in [1.54, 1.807) is 61.7 Å². The number of benzene rings is 2. The van der Waals surface area contributed by atoms with Crippen molar-refractivity contribution in [1.82, 2.24) is 20.7 Å². The van der Waals surface area contributed by atoms with E-state index in [-0.39, 0.29) is 24.9 Å². The van der Waals surface area contributed by atoms with E-state index in [0.29, 0.717) is 42.1 Å². The predicted molar refractivity (Wildman–Crippen MR) is 128 cm³/mol. The fraction of sp³-hybridized carbons (Fsp3) is 0.280. The predicted octanol–water partition coefficient (Wildman–Crippen LogP) is 1.24. The Kier molecular flexibility index (Phi) is 8.82. The number of amides is 4. The Balaban J connectivity index is 1.52. The number of hydrazine groups is 1. The molecule has 0 bridgehead atoms. The minimum Gasteiger partial charge on any atom is -0.497 e. The van der Waals surface area contributed by atoms with Crippen LogP contribution in [-0.2, 0) is 14.4 Å². The highest BCUT2D eigenvalue weighted by Crippen LogP contribution is 2.25. The minimum atomic E-state index is -0.510. The zero-order valence-corrected chi connectivity index (χ0v) is 19.7. The number of carbonyl (C=O) groups is 4. The summed E-state index contributed by atoms with van der Waals surface area (Å²) in [4.78, 5) is 49.5. The molecule has 4 amide bonds. The van der Waals surface area contributed by atoms with Crippen LogP contribution in [0.1, 0.15) is 22.3 Å². The third-order valence-electron chi connectivity index (χ3n) is 5.30. The van der Waals surface area contributed by atoms with Gasteiger partial charge >= 0.3 is 0 Å². The molecule has 1 aliphatic rings. The number of nitrogens with one attached hydrogen (secondary N) is 2. The van der Waals surface area contributed by atoms with E-state index < -0.39 is 11.8 Å². The smallest absolute Gasteiger partial charge is 0.265 e. The van der Waals surface area contributed by atoms with E-state index in [1.165, 1.54) is 23.2 Å². The van der Waals surface area contributed by atoms with Gasteiger partial charge in [-0.2, -0.15) is 0 Å². The van der Waals surface area contributed by atoms with Crippen molar-refractivity contribution >= 4 is 29.7 Å². The van der Waals surface area contributed by atoms with Crippen molar-refractivity contribution in [2.75, 3.05) is 40.4 Å². The number of hydrogen-bond donors (Lipinski definition) is 2. The summed E-state index contributed by atoms with van der Waals surface area (Å²) in [6, 6.07) is 13.7. The van der Waals surface area contributed by atoms with Gasteiger partial charge in [-0.3, -0.25) is 19.2 Å². The van der Waals surface area contributed by atoms with Crippen molar-refractivity contribution in [3.8, 4) is 11.5 Å². The molecule has 10 heteroatoms. The lowest BCUT2D eigenvalue weighted by Gasteiger charge is -2.27. The molecule has 10 nitrogen and oxygen atoms in total. The summed E-state index contributed by atoms with van der Waals surface area (Å²) in [6.45, 7) is 0.179. The maximum absolute atomic E-state index is 12.8. The fourth-order valence-electron chi connectivity index (χ4n) is 3.50. The van der Waals surface area contributed by atoms with Crippen LogP contribution in [0.4, 0.5) is 0 Å². The average molecular weight is 481 g/mol. The molecule has 0 saturated carbocycles. The molecule has 0 atom stereocenters. The first-order valence-corrected chi connectivity index (χ1v) is 11.0. The summed E-state index contributed by atoms with van der Waals surface area (Å²) in [5, 5.41) is 7.64. The van der Waals surface area contributed by atoms with Crippen LogP contribution >= 0.6 is 0 Å². The van der Waals surface area contributed by atoms with E-state index in [9.17, 15) is 19.2 Å². The minimum absolute atomic E-state index is 0.269. The number of carbonyl (C=O) groups excluding carboxylic acids is 4. The standard InChI is InChI=1S/C25H28N4O6/c1-34-20-10-11-21(35-2)19(15-20)9-12-23(31)28-13-6-14-29(28)24(32)17-26-22(30)16-27-25(33)18-7-4-3-5-8-18/h3-5,7-12,15H,6,13-14,16-17H2,1-2H3,(H,26,30)(H,27,33). The molecule has 0 aliphatic carbocycles. The maximum atomic E-state index is 12.8. The number of hydrogen-bond acceptors (Lipinski definition) is 6. The van der Waals surface area contributed by atoms with E-state index in [4.69, 9.17) is 9.47 Å². The normalized spacial score (nSPS) is 13.0. The second kappa shape index (κ2) is 12.2. The third-order valence-corrected chi connectivity index (χ3v) is 5.30. The third kappa shape index (κ3) is 6.83. The first-order chi connectivity index (χ1) is 16.9. The van der Waals surface area contributed by atoms with Crippen molar-refractivity contribution in [2.24, 2.45) is 0 Å². The number of rotatable bonds is 9. The Bertz CT molecular complexity index is 1100. The molecule has 184 valence electrons. The van der Waals surface area contributed by atoms with Gasteiger partial charge in [0.1, 0.15) is 11.5 Å². The van der Waals surface area contributed by atoms with Crippen LogP contribution in [0, 0.1) is 0 Å². The maximum Gasteiger partial charge on any atom is 0.265 e. The Labute approximate surface area is 203 Å². The monoisotopic (exact) mass is 480 g/mol. The molecule has 2 aromatic carbocycles. The molecule has 35 heavy (non-hydrogen) atoms. The van der Waals surface area contributed by atoms with Crippen LogP contribution in [0.3, 0.4) is 0 Å². The van der Waals surface area contributed by atoms with Crippen molar-refractivity contribution in [1.29, 1.82) is 0 Å². The van der Waals surface area contributed by atoms with Gasteiger partial charge in [0.15, 0.2) is 0 Å². The second-order valence-corrected chi connectivity index (χ2v) is 7.60. The van der Waals surface area contributed by atoms with E-state index in [1.807, 2.05) is 0 Å². The first kappa shape index (κ1) is 25.3. The number of methoxy groups -OCH3 is 2. The lowest BCUT2D eigenvalue weighted by atomic mass is 10.1. The highest BCUT2D eigenvalue weighted by atomic mass is 16.5. The van der Waals surface area contributed by atoms with E-state index >= 15 is 0 Å². The molecule has 0 unspecified atom stereocenters. The summed E-state index contributed by atoms with van der Waals surface area (Å²) in [7, 11) is 3.08. The van der Waals surface area contributed by atoms with Crippen molar-refractivity contribution in [3.63, 3.8) is 0 Å². The zero-order valence-electron chi connectivity index (χ0n) is 19.7. The van der Waals surface area contributed by atoms with Gasteiger partial charge in [0.2, 0.25) is 5.91 Å². The average Bonchev–Trinajstić information content (AvgIpc) is 3.39. The molecule has 1 aliphatic heterocycles. The fourth-order valence-corrected chi connectivity index (χ4v) is 3.50. The molecular weight excluding hydrogens is 452 g/mol. The van der Waals surface area contributed by atoms with Crippen LogP contribution in [0.15, 0.2) is 54.6 Å². The van der Waals surface area contributed by atoms with Crippen LogP contribution in [0.5, 0.6) is 11.5 Å². The summed E-state index contributed by atoms with van der Waals surface area (Å²) in [5.74, 6) is -0.501. The Morgan fingerprint density at radius 3 is 2.37 bits per heavy atom. The summed E-state index contributed by atoms with van der Waals surface area (Å²) in [5.41, 5.74) is 1.09.